The van der Waals surface area contributed by atoms with Gasteiger partial charge in [-0.05, 0) is 13.0 Å². The van der Waals surface area contributed by atoms with Gasteiger partial charge in [-0.2, -0.15) is 18.4 Å². The van der Waals surface area contributed by atoms with Gasteiger partial charge in [0.15, 0.2) is 11.7 Å². The average molecular weight is 334 g/mol. The van der Waals surface area contributed by atoms with Crippen molar-refractivity contribution in [2.75, 3.05) is 7.11 Å². The van der Waals surface area contributed by atoms with Gasteiger partial charge in [0.05, 0.1) is 18.2 Å². The molecule has 1 saturated heterocycles. The largest absolute Gasteiger partial charge is 0.495 e. The molecule has 22 heavy (non-hydrogen) atoms. The number of ether oxygens (including phenoxy) is 2. The lowest BCUT2D eigenvalue weighted by molar-refractivity contribution is -0.270. The zero-order chi connectivity index (χ0) is 16.7. The number of nitriles is 1. The van der Waals surface area contributed by atoms with E-state index in [9.17, 15) is 18.4 Å². The summed E-state index contributed by atoms with van der Waals surface area (Å²) < 4.78 is 50.4. The average Bonchev–Trinajstić information content (AvgIpc) is 2.71. The minimum Gasteiger partial charge on any atom is -0.495 e. The second-order valence-corrected chi connectivity index (χ2v) is 5.86. The van der Waals surface area contributed by atoms with Gasteiger partial charge in [-0.3, -0.25) is 0 Å². The molecule has 1 aliphatic heterocycles. The first kappa shape index (κ1) is 16.9. The summed E-state index contributed by atoms with van der Waals surface area (Å²) in [6.07, 6.45) is -5.81. The molecule has 1 aromatic rings. The first-order chi connectivity index (χ1) is 10.2. The Kier molecular flexibility index (Phi) is 4.33. The van der Waals surface area contributed by atoms with Crippen molar-refractivity contribution in [2.45, 2.75) is 37.6 Å². The van der Waals surface area contributed by atoms with Crippen LogP contribution in [0.5, 0.6) is 5.75 Å². The lowest BCUT2D eigenvalue weighted by atomic mass is 9.77. The third kappa shape index (κ3) is 2.42. The fraction of sp³-hybridized carbons (Fsp3) is 0.533. The zero-order valence-electron chi connectivity index (χ0n) is 12.2. The van der Waals surface area contributed by atoms with E-state index in [4.69, 9.17) is 21.1 Å². The van der Waals surface area contributed by atoms with Crippen LogP contribution in [-0.2, 0) is 4.74 Å². The zero-order valence-corrected chi connectivity index (χ0v) is 13.0. The van der Waals surface area contributed by atoms with Crippen molar-refractivity contribution in [3.63, 3.8) is 0 Å². The van der Waals surface area contributed by atoms with Crippen molar-refractivity contribution in [3.8, 4) is 11.8 Å². The lowest BCUT2D eigenvalue weighted by Crippen LogP contribution is -2.46. The molecule has 1 aromatic carbocycles. The van der Waals surface area contributed by atoms with Gasteiger partial charge in [0.25, 0.3) is 0 Å². The summed E-state index contributed by atoms with van der Waals surface area (Å²) in [6, 6.07) is 6.63. The molecule has 0 unspecified atom stereocenters. The van der Waals surface area contributed by atoms with E-state index in [1.807, 2.05) is 6.07 Å². The molecular formula is C15H15ClF3NO2. The highest BCUT2D eigenvalue weighted by Crippen LogP contribution is 2.54. The van der Waals surface area contributed by atoms with Crippen LogP contribution in [0.4, 0.5) is 13.2 Å². The van der Waals surface area contributed by atoms with Gasteiger partial charge >= 0.3 is 6.18 Å². The highest BCUT2D eigenvalue weighted by atomic mass is 35.5. The molecule has 0 saturated carbocycles. The third-order valence-electron chi connectivity index (χ3n) is 4.36. The summed E-state index contributed by atoms with van der Waals surface area (Å²) in [6.45, 7) is 2.40. The van der Waals surface area contributed by atoms with Crippen LogP contribution in [0.25, 0.3) is 0 Å². The maximum Gasteiger partial charge on any atom is 0.417 e. The van der Waals surface area contributed by atoms with E-state index >= 15 is 0 Å². The van der Waals surface area contributed by atoms with E-state index in [-0.39, 0.29) is 10.8 Å². The number of nitrogens with zero attached hydrogens (tertiary/aromatic N) is 1. The highest BCUT2D eigenvalue weighted by molar-refractivity contribution is 6.32. The Bertz CT molecular complexity index is 614. The molecule has 1 heterocycles. The van der Waals surface area contributed by atoms with Crippen molar-refractivity contribution >= 4 is 11.6 Å². The van der Waals surface area contributed by atoms with E-state index in [2.05, 4.69) is 0 Å². The molecule has 4 atom stereocenters. The van der Waals surface area contributed by atoms with Gasteiger partial charge in [-0.15, -0.1) is 0 Å². The number of rotatable bonds is 2. The molecule has 0 bridgehead atoms. The molecule has 2 rings (SSSR count). The maximum absolute atomic E-state index is 13.4. The Morgan fingerprint density at radius 3 is 2.55 bits per heavy atom. The molecule has 0 amide bonds. The fourth-order valence-corrected chi connectivity index (χ4v) is 3.18. The molecule has 0 aromatic heterocycles. The van der Waals surface area contributed by atoms with Crippen LogP contribution in [0.3, 0.4) is 0 Å². The van der Waals surface area contributed by atoms with Crippen molar-refractivity contribution in [1.29, 1.82) is 5.26 Å². The van der Waals surface area contributed by atoms with Crippen LogP contribution in [0.2, 0.25) is 5.02 Å². The fourth-order valence-electron chi connectivity index (χ4n) is 2.92. The molecule has 0 spiro atoms. The first-order valence-corrected chi connectivity index (χ1v) is 7.01. The highest BCUT2D eigenvalue weighted by Gasteiger charge is 2.64. The number of alkyl halides is 3. The Labute approximate surface area is 131 Å². The van der Waals surface area contributed by atoms with Crippen molar-refractivity contribution in [2.24, 2.45) is 5.92 Å². The monoisotopic (exact) mass is 333 g/mol. The molecule has 0 aliphatic carbocycles. The number of hydrogen-bond acceptors (Lipinski definition) is 3. The second-order valence-electron chi connectivity index (χ2n) is 5.45. The van der Waals surface area contributed by atoms with Gasteiger partial charge in [0.2, 0.25) is 0 Å². The van der Waals surface area contributed by atoms with Crippen molar-refractivity contribution in [1.82, 2.24) is 0 Å². The molecule has 120 valence electrons. The normalized spacial score (nSPS) is 31.8. The Morgan fingerprint density at radius 1 is 1.41 bits per heavy atom. The minimum absolute atomic E-state index is 0.274. The molecule has 7 heteroatoms. The second kappa shape index (κ2) is 5.64. The quantitative estimate of drug-likeness (QED) is 0.809. The molecule has 0 N–H and O–H groups in total. The number of halogens is 4. The van der Waals surface area contributed by atoms with E-state index in [0.29, 0.717) is 5.56 Å². The smallest absolute Gasteiger partial charge is 0.417 e. The standard InChI is InChI=1S/C15H15ClF3NO2/c1-8-12(9-5-4-6-10(16)13(9)21-3)11(7-20)22-14(8,2)15(17,18)19/h4-6,8,11-12H,1-3H3/t8-,11-,12-,14+/m0/s1. The van der Waals surface area contributed by atoms with Gasteiger partial charge in [0.1, 0.15) is 5.75 Å². The van der Waals surface area contributed by atoms with Crippen LogP contribution >= 0.6 is 11.6 Å². The lowest BCUT2D eigenvalue weighted by Gasteiger charge is -2.31. The molecule has 1 fully saturated rings. The van der Waals surface area contributed by atoms with E-state index in [1.165, 1.54) is 14.0 Å². The Hall–Kier alpha value is -1.45. The molecule has 3 nitrogen and oxygen atoms in total. The summed E-state index contributed by atoms with van der Waals surface area (Å²) in [7, 11) is 1.38. The Balaban J connectivity index is 2.56. The number of methoxy groups -OCH3 is 1. The van der Waals surface area contributed by atoms with Crippen LogP contribution in [0.15, 0.2) is 18.2 Å². The van der Waals surface area contributed by atoms with Crippen molar-refractivity contribution < 1.29 is 22.6 Å². The van der Waals surface area contributed by atoms with Crippen LogP contribution in [0, 0.1) is 17.2 Å². The van der Waals surface area contributed by atoms with Gasteiger partial charge in [-0.25, -0.2) is 0 Å². The third-order valence-corrected chi connectivity index (χ3v) is 4.65. The summed E-state index contributed by atoms with van der Waals surface area (Å²) in [5, 5.41) is 9.51. The van der Waals surface area contributed by atoms with Crippen molar-refractivity contribution in [3.05, 3.63) is 28.8 Å². The minimum atomic E-state index is -4.58. The predicted molar refractivity (Wildman–Crippen MR) is 74.9 cm³/mol. The molecular weight excluding hydrogens is 319 g/mol. The van der Waals surface area contributed by atoms with Gasteiger partial charge < -0.3 is 9.47 Å². The topological polar surface area (TPSA) is 42.2 Å². The van der Waals surface area contributed by atoms with Crippen LogP contribution in [0.1, 0.15) is 25.3 Å². The number of para-hydroxylation sites is 1. The summed E-state index contributed by atoms with van der Waals surface area (Å²) in [5.74, 6) is -1.48. The van der Waals surface area contributed by atoms with E-state index < -0.39 is 29.7 Å². The van der Waals surface area contributed by atoms with Crippen LogP contribution in [-0.4, -0.2) is 25.0 Å². The molecule has 1 aliphatic rings. The maximum atomic E-state index is 13.4. The number of hydrogen-bond donors (Lipinski definition) is 0. The first-order valence-electron chi connectivity index (χ1n) is 6.64. The van der Waals surface area contributed by atoms with Gasteiger partial charge in [0, 0.05) is 17.4 Å². The summed E-state index contributed by atoms with van der Waals surface area (Å²) in [5.41, 5.74) is -1.95. The summed E-state index contributed by atoms with van der Waals surface area (Å²) >= 11 is 6.04. The van der Waals surface area contributed by atoms with E-state index in [1.54, 1.807) is 18.2 Å². The summed E-state index contributed by atoms with van der Waals surface area (Å²) in [4.78, 5) is 0. The van der Waals surface area contributed by atoms with Crippen LogP contribution < -0.4 is 4.74 Å². The SMILES string of the molecule is COc1c(Cl)cccc1[C@H]1[C@H](C#N)O[C@@](C)(C(F)(F)F)[C@H]1C. The van der Waals surface area contributed by atoms with E-state index in [0.717, 1.165) is 6.92 Å². The molecule has 0 radical (unpaired) electrons. The number of benzene rings is 1. The predicted octanol–water partition coefficient (Wildman–Crippen LogP) is 4.31. The Morgan fingerprint density at radius 2 is 2.05 bits per heavy atom. The van der Waals surface area contributed by atoms with Gasteiger partial charge in [-0.1, -0.05) is 30.7 Å².